The molecule has 1 amide bonds. The van der Waals surface area contributed by atoms with Gasteiger partial charge in [0.1, 0.15) is 6.17 Å². The van der Waals surface area contributed by atoms with Gasteiger partial charge in [0.2, 0.25) is 15.9 Å². The molecule has 2 aliphatic rings. The molecule has 1 atom stereocenters. The molecule has 0 radical (unpaired) electrons. The third kappa shape index (κ3) is 4.51. The summed E-state index contributed by atoms with van der Waals surface area (Å²) >= 11 is 0. The number of nitrogens with zero attached hydrogens (tertiary/aromatic N) is 3. The summed E-state index contributed by atoms with van der Waals surface area (Å²) in [4.78, 5) is 17.1. The van der Waals surface area contributed by atoms with Gasteiger partial charge < -0.3 is 9.64 Å². The van der Waals surface area contributed by atoms with E-state index in [0.29, 0.717) is 39.3 Å². The highest BCUT2D eigenvalue weighted by molar-refractivity contribution is 7.89. The summed E-state index contributed by atoms with van der Waals surface area (Å²) in [5, 5.41) is 0. The Balaban J connectivity index is 1.82. The van der Waals surface area contributed by atoms with E-state index in [1.807, 2.05) is 13.8 Å². The molecule has 8 heteroatoms. The van der Waals surface area contributed by atoms with Crippen molar-refractivity contribution >= 4 is 15.9 Å². The van der Waals surface area contributed by atoms with Gasteiger partial charge in [-0.3, -0.25) is 9.69 Å². The Morgan fingerprint density at radius 1 is 1.11 bits per heavy atom. The standard InChI is InChI=1S/C19H29N3O4S/c1-16(2)19-21(18(23)15-20-11-13-26-14-12-20)9-6-10-22(19)27(24,25)17-7-4-3-5-8-17/h3-5,7-8,16,19H,6,9-15H2,1-2H3. The Bertz CT molecular complexity index is 733. The van der Waals surface area contributed by atoms with Crippen LogP contribution in [0.4, 0.5) is 0 Å². The second kappa shape index (κ2) is 8.68. The van der Waals surface area contributed by atoms with Crippen molar-refractivity contribution in [3.8, 4) is 0 Å². The molecule has 2 saturated heterocycles. The van der Waals surface area contributed by atoms with Crippen LogP contribution in [0.3, 0.4) is 0 Å². The first-order valence-corrected chi connectivity index (χ1v) is 11.0. The SMILES string of the molecule is CC(C)C1N(C(=O)CN2CCOCC2)CCCN1S(=O)(=O)c1ccccc1. The zero-order chi connectivity index (χ0) is 19.4. The molecule has 7 nitrogen and oxygen atoms in total. The summed E-state index contributed by atoms with van der Waals surface area (Å²) < 4.78 is 33.3. The van der Waals surface area contributed by atoms with Crippen molar-refractivity contribution < 1.29 is 17.9 Å². The van der Waals surface area contributed by atoms with Crippen molar-refractivity contribution in [2.75, 3.05) is 45.9 Å². The number of hydrogen-bond acceptors (Lipinski definition) is 5. The highest BCUT2D eigenvalue weighted by Gasteiger charge is 2.41. The number of rotatable bonds is 5. The smallest absolute Gasteiger partial charge is 0.244 e. The molecule has 0 bridgehead atoms. The first-order chi connectivity index (χ1) is 12.9. The third-order valence-electron chi connectivity index (χ3n) is 5.12. The van der Waals surface area contributed by atoms with Crippen LogP contribution in [-0.4, -0.2) is 80.5 Å². The van der Waals surface area contributed by atoms with E-state index < -0.39 is 16.2 Å². The van der Waals surface area contributed by atoms with Crippen molar-refractivity contribution in [2.24, 2.45) is 5.92 Å². The fourth-order valence-electron chi connectivity index (χ4n) is 3.81. The maximum atomic E-state index is 13.2. The molecule has 27 heavy (non-hydrogen) atoms. The predicted octanol–water partition coefficient (Wildman–Crippen LogP) is 1.22. The highest BCUT2D eigenvalue weighted by Crippen LogP contribution is 2.28. The number of morpholine rings is 1. The highest BCUT2D eigenvalue weighted by atomic mass is 32.2. The zero-order valence-corrected chi connectivity index (χ0v) is 16.9. The summed E-state index contributed by atoms with van der Waals surface area (Å²) in [6, 6.07) is 8.47. The fourth-order valence-corrected chi connectivity index (χ4v) is 5.60. The molecule has 3 rings (SSSR count). The van der Waals surface area contributed by atoms with Gasteiger partial charge in [-0.15, -0.1) is 0 Å². The average Bonchev–Trinajstić information content (AvgIpc) is 2.68. The van der Waals surface area contributed by atoms with E-state index in [9.17, 15) is 13.2 Å². The van der Waals surface area contributed by atoms with Gasteiger partial charge in [0.05, 0.1) is 24.7 Å². The summed E-state index contributed by atoms with van der Waals surface area (Å²) in [6.45, 7) is 8.01. The largest absolute Gasteiger partial charge is 0.379 e. The van der Waals surface area contributed by atoms with Gasteiger partial charge in [0.25, 0.3) is 0 Å². The molecule has 2 heterocycles. The molecule has 2 aliphatic heterocycles. The second-order valence-electron chi connectivity index (χ2n) is 7.42. The minimum Gasteiger partial charge on any atom is -0.379 e. The van der Waals surface area contributed by atoms with Crippen molar-refractivity contribution in [2.45, 2.75) is 31.3 Å². The van der Waals surface area contributed by atoms with Crippen molar-refractivity contribution in [1.29, 1.82) is 0 Å². The van der Waals surface area contributed by atoms with Crippen molar-refractivity contribution in [1.82, 2.24) is 14.1 Å². The minimum atomic E-state index is -3.65. The maximum absolute atomic E-state index is 13.2. The topological polar surface area (TPSA) is 70.2 Å². The van der Waals surface area contributed by atoms with E-state index in [2.05, 4.69) is 4.90 Å². The first-order valence-electron chi connectivity index (χ1n) is 9.57. The summed E-state index contributed by atoms with van der Waals surface area (Å²) in [6.07, 6.45) is 0.182. The molecule has 0 N–H and O–H groups in total. The molecule has 0 aromatic heterocycles. The van der Waals surface area contributed by atoms with Crippen LogP contribution in [0.5, 0.6) is 0 Å². The molecule has 0 spiro atoms. The van der Waals surface area contributed by atoms with Gasteiger partial charge in [-0.1, -0.05) is 32.0 Å². The molecule has 0 aliphatic carbocycles. The summed E-state index contributed by atoms with van der Waals surface area (Å²) in [5.74, 6) is -0.0130. The number of carbonyl (C=O) groups excluding carboxylic acids is 1. The quantitative estimate of drug-likeness (QED) is 0.750. The average molecular weight is 396 g/mol. The number of hydrogen-bond donors (Lipinski definition) is 0. The lowest BCUT2D eigenvalue weighted by molar-refractivity contribution is -0.142. The molecule has 1 aromatic carbocycles. The van der Waals surface area contributed by atoms with E-state index in [1.165, 1.54) is 4.31 Å². The Labute approximate surface area is 161 Å². The van der Waals surface area contributed by atoms with E-state index >= 15 is 0 Å². The molecule has 0 saturated carbocycles. The van der Waals surface area contributed by atoms with Crippen LogP contribution in [0, 0.1) is 5.92 Å². The van der Waals surface area contributed by atoms with Crippen LogP contribution >= 0.6 is 0 Å². The number of benzene rings is 1. The van der Waals surface area contributed by atoms with Gasteiger partial charge in [0, 0.05) is 26.2 Å². The lowest BCUT2D eigenvalue weighted by atomic mass is 10.1. The van der Waals surface area contributed by atoms with Gasteiger partial charge in [-0.2, -0.15) is 4.31 Å². The Morgan fingerprint density at radius 2 is 1.78 bits per heavy atom. The van der Waals surface area contributed by atoms with Crippen LogP contribution in [0.25, 0.3) is 0 Å². The monoisotopic (exact) mass is 395 g/mol. The van der Waals surface area contributed by atoms with Crippen LogP contribution in [0.2, 0.25) is 0 Å². The van der Waals surface area contributed by atoms with Crippen LogP contribution in [0.1, 0.15) is 20.3 Å². The minimum absolute atomic E-state index is 0.00238. The predicted molar refractivity (Wildman–Crippen MR) is 103 cm³/mol. The number of sulfonamides is 1. The van der Waals surface area contributed by atoms with E-state index in [0.717, 1.165) is 13.1 Å². The fraction of sp³-hybridized carbons (Fsp3) is 0.632. The van der Waals surface area contributed by atoms with Gasteiger partial charge in [-0.05, 0) is 24.5 Å². The van der Waals surface area contributed by atoms with Crippen molar-refractivity contribution in [3.05, 3.63) is 30.3 Å². The lowest BCUT2D eigenvalue weighted by Crippen LogP contribution is -2.61. The maximum Gasteiger partial charge on any atom is 0.244 e. The summed E-state index contributed by atoms with van der Waals surface area (Å²) in [7, 11) is -3.65. The molecule has 150 valence electrons. The molecule has 1 unspecified atom stereocenters. The summed E-state index contributed by atoms with van der Waals surface area (Å²) in [5.41, 5.74) is 0. The van der Waals surface area contributed by atoms with E-state index in [-0.39, 0.29) is 16.7 Å². The van der Waals surface area contributed by atoms with Gasteiger partial charge >= 0.3 is 0 Å². The number of amides is 1. The van der Waals surface area contributed by atoms with Crippen LogP contribution in [0.15, 0.2) is 35.2 Å². The number of ether oxygens (including phenoxy) is 1. The Morgan fingerprint density at radius 3 is 2.41 bits per heavy atom. The Kier molecular flexibility index (Phi) is 6.52. The molecular formula is C19H29N3O4S. The zero-order valence-electron chi connectivity index (χ0n) is 16.1. The van der Waals surface area contributed by atoms with E-state index in [4.69, 9.17) is 4.74 Å². The molecule has 1 aromatic rings. The normalized spacial score (nSPS) is 22.9. The van der Waals surface area contributed by atoms with Crippen LogP contribution < -0.4 is 0 Å². The van der Waals surface area contributed by atoms with Crippen molar-refractivity contribution in [3.63, 3.8) is 0 Å². The van der Waals surface area contributed by atoms with E-state index in [1.54, 1.807) is 35.2 Å². The molecule has 2 fully saturated rings. The number of carbonyl (C=O) groups is 1. The Hall–Kier alpha value is -1.48. The van der Waals surface area contributed by atoms with Gasteiger partial charge in [-0.25, -0.2) is 8.42 Å². The van der Waals surface area contributed by atoms with Gasteiger partial charge in [0.15, 0.2) is 0 Å². The third-order valence-corrected chi connectivity index (χ3v) is 7.00. The van der Waals surface area contributed by atoms with Crippen LogP contribution in [-0.2, 0) is 19.6 Å². The molecular weight excluding hydrogens is 366 g/mol. The lowest BCUT2D eigenvalue weighted by Gasteiger charge is -2.45. The first kappa shape index (κ1) is 20.3. The second-order valence-corrected chi connectivity index (χ2v) is 9.31.